The normalized spacial score (nSPS) is 10.5. The second-order valence-corrected chi connectivity index (χ2v) is 5.64. The summed E-state index contributed by atoms with van der Waals surface area (Å²) >= 11 is 0. The molecule has 5 heteroatoms. The Morgan fingerprint density at radius 2 is 1.62 bits per heavy atom. The highest BCUT2D eigenvalue weighted by Gasteiger charge is 2.10. The van der Waals surface area contributed by atoms with Gasteiger partial charge in [-0.2, -0.15) is 0 Å². The Hall–Kier alpha value is -3.73. The number of hydrogen-bond donors (Lipinski definition) is 1. The van der Waals surface area contributed by atoms with Gasteiger partial charge in [0.2, 0.25) is 0 Å². The predicted octanol–water partition coefficient (Wildman–Crippen LogP) is 4.67. The van der Waals surface area contributed by atoms with Gasteiger partial charge in [0.1, 0.15) is 5.75 Å². The van der Waals surface area contributed by atoms with Gasteiger partial charge in [-0.25, -0.2) is 9.97 Å². The molecular formula is C21H15N3O2. The van der Waals surface area contributed by atoms with Crippen LogP contribution in [0.15, 0.2) is 85.2 Å². The maximum absolute atomic E-state index is 12.7. The number of carbonyl (C=O) groups excluding carboxylic acids is 1. The molecule has 0 bridgehead atoms. The second-order valence-electron chi connectivity index (χ2n) is 5.64. The molecule has 0 radical (unpaired) electrons. The van der Waals surface area contributed by atoms with E-state index in [-0.39, 0.29) is 11.9 Å². The summed E-state index contributed by atoms with van der Waals surface area (Å²) in [6.07, 6.45) is 3.19. The summed E-state index contributed by atoms with van der Waals surface area (Å²) in [5, 5.41) is 5.03. The van der Waals surface area contributed by atoms with Gasteiger partial charge < -0.3 is 10.1 Å². The number of amides is 1. The zero-order valence-corrected chi connectivity index (χ0v) is 13.8. The van der Waals surface area contributed by atoms with E-state index in [1.807, 2.05) is 42.5 Å². The van der Waals surface area contributed by atoms with Crippen LogP contribution in [-0.2, 0) is 0 Å². The summed E-state index contributed by atoms with van der Waals surface area (Å²) in [6, 6.07) is 22.6. The Labute approximate surface area is 150 Å². The highest BCUT2D eigenvalue weighted by molar-refractivity contribution is 6.09. The first-order valence-electron chi connectivity index (χ1n) is 8.14. The van der Waals surface area contributed by atoms with E-state index >= 15 is 0 Å². The monoisotopic (exact) mass is 341 g/mol. The van der Waals surface area contributed by atoms with Crippen molar-refractivity contribution >= 4 is 22.4 Å². The molecule has 1 aromatic heterocycles. The van der Waals surface area contributed by atoms with Crippen molar-refractivity contribution in [2.45, 2.75) is 0 Å². The molecule has 0 unspecified atom stereocenters. The number of carbonyl (C=O) groups is 1. The molecule has 0 saturated heterocycles. The quantitative estimate of drug-likeness (QED) is 0.586. The van der Waals surface area contributed by atoms with Crippen molar-refractivity contribution in [2.24, 2.45) is 0 Å². The molecule has 1 heterocycles. The molecule has 5 nitrogen and oxygen atoms in total. The summed E-state index contributed by atoms with van der Waals surface area (Å²) < 4.78 is 5.59. The van der Waals surface area contributed by atoms with Crippen LogP contribution in [0.4, 0.5) is 5.69 Å². The maximum atomic E-state index is 12.7. The van der Waals surface area contributed by atoms with E-state index in [0.29, 0.717) is 11.3 Å². The maximum Gasteiger partial charge on any atom is 0.321 e. The van der Waals surface area contributed by atoms with Gasteiger partial charge in [0.25, 0.3) is 5.91 Å². The van der Waals surface area contributed by atoms with E-state index in [0.717, 1.165) is 16.5 Å². The summed E-state index contributed by atoms with van der Waals surface area (Å²) in [4.78, 5) is 20.7. The van der Waals surface area contributed by atoms with Crippen LogP contribution in [0.1, 0.15) is 10.4 Å². The number of nitrogens with zero attached hydrogens (tertiary/aromatic N) is 2. The molecule has 0 fully saturated rings. The van der Waals surface area contributed by atoms with Crippen LogP contribution in [0.2, 0.25) is 0 Å². The van der Waals surface area contributed by atoms with Crippen molar-refractivity contribution in [1.29, 1.82) is 0 Å². The molecule has 1 N–H and O–H groups in total. The third-order valence-electron chi connectivity index (χ3n) is 3.89. The SMILES string of the molecule is O=C(Nc1cccc2ccccc12)c1cccc(Oc2ncccn2)c1. The van der Waals surface area contributed by atoms with Crippen molar-refractivity contribution in [3.05, 3.63) is 90.8 Å². The Kier molecular flexibility index (Phi) is 4.26. The fourth-order valence-electron chi connectivity index (χ4n) is 2.67. The lowest BCUT2D eigenvalue weighted by atomic mass is 10.1. The number of anilines is 1. The smallest absolute Gasteiger partial charge is 0.321 e. The third-order valence-corrected chi connectivity index (χ3v) is 3.89. The fraction of sp³-hybridized carbons (Fsp3) is 0. The first kappa shape index (κ1) is 15.8. The minimum absolute atomic E-state index is 0.208. The van der Waals surface area contributed by atoms with Crippen molar-refractivity contribution in [1.82, 2.24) is 9.97 Å². The van der Waals surface area contributed by atoms with Gasteiger partial charge in [0.05, 0.1) is 0 Å². The topological polar surface area (TPSA) is 64.1 Å². The standard InChI is InChI=1S/C21H15N3O2/c25-20(24-19-11-4-7-15-6-1-2-10-18(15)19)16-8-3-9-17(14-16)26-21-22-12-5-13-23-21/h1-14H,(H,24,25). The van der Waals surface area contributed by atoms with E-state index in [9.17, 15) is 4.79 Å². The molecule has 0 aliphatic carbocycles. The minimum Gasteiger partial charge on any atom is -0.424 e. The van der Waals surface area contributed by atoms with Crippen molar-refractivity contribution < 1.29 is 9.53 Å². The van der Waals surface area contributed by atoms with Crippen LogP contribution in [0.3, 0.4) is 0 Å². The van der Waals surface area contributed by atoms with Gasteiger partial charge in [0, 0.05) is 29.0 Å². The predicted molar refractivity (Wildman–Crippen MR) is 100 cm³/mol. The first-order valence-corrected chi connectivity index (χ1v) is 8.14. The average molecular weight is 341 g/mol. The van der Waals surface area contributed by atoms with Crippen LogP contribution in [0, 0.1) is 0 Å². The molecule has 126 valence electrons. The minimum atomic E-state index is -0.208. The largest absolute Gasteiger partial charge is 0.424 e. The van der Waals surface area contributed by atoms with E-state index in [2.05, 4.69) is 15.3 Å². The molecule has 1 amide bonds. The van der Waals surface area contributed by atoms with Gasteiger partial charge >= 0.3 is 6.01 Å². The van der Waals surface area contributed by atoms with Gasteiger partial charge in [-0.1, -0.05) is 42.5 Å². The van der Waals surface area contributed by atoms with Crippen molar-refractivity contribution in [2.75, 3.05) is 5.32 Å². The number of rotatable bonds is 4. The summed E-state index contributed by atoms with van der Waals surface area (Å²) in [6.45, 7) is 0. The molecule has 26 heavy (non-hydrogen) atoms. The van der Waals surface area contributed by atoms with Gasteiger partial charge in [-0.05, 0) is 35.7 Å². The first-order chi connectivity index (χ1) is 12.8. The Bertz CT molecular complexity index is 1060. The highest BCUT2D eigenvalue weighted by Crippen LogP contribution is 2.24. The lowest BCUT2D eigenvalue weighted by Crippen LogP contribution is -2.12. The molecule has 4 aromatic rings. The van der Waals surface area contributed by atoms with Crippen LogP contribution in [0.25, 0.3) is 10.8 Å². The molecule has 0 aliphatic heterocycles. The Morgan fingerprint density at radius 1 is 0.846 bits per heavy atom. The van der Waals surface area contributed by atoms with E-state index in [1.54, 1.807) is 42.7 Å². The van der Waals surface area contributed by atoms with E-state index < -0.39 is 0 Å². The number of ether oxygens (including phenoxy) is 1. The number of nitrogens with one attached hydrogen (secondary N) is 1. The summed E-state index contributed by atoms with van der Waals surface area (Å²) in [7, 11) is 0. The van der Waals surface area contributed by atoms with Gasteiger partial charge in [-0.3, -0.25) is 4.79 Å². The van der Waals surface area contributed by atoms with E-state index in [4.69, 9.17) is 4.74 Å². The number of fused-ring (bicyclic) bond motifs is 1. The van der Waals surface area contributed by atoms with E-state index in [1.165, 1.54) is 0 Å². The molecule has 3 aromatic carbocycles. The summed E-state index contributed by atoms with van der Waals surface area (Å²) in [5.41, 5.74) is 1.26. The lowest BCUT2D eigenvalue weighted by Gasteiger charge is -2.10. The third kappa shape index (κ3) is 3.37. The van der Waals surface area contributed by atoms with Gasteiger partial charge in [-0.15, -0.1) is 0 Å². The molecule has 4 rings (SSSR count). The van der Waals surface area contributed by atoms with Crippen molar-refractivity contribution in [3.63, 3.8) is 0 Å². The average Bonchev–Trinajstić information content (AvgIpc) is 2.69. The molecule has 0 aliphatic rings. The number of hydrogen-bond acceptors (Lipinski definition) is 4. The van der Waals surface area contributed by atoms with Crippen LogP contribution in [-0.4, -0.2) is 15.9 Å². The highest BCUT2D eigenvalue weighted by atomic mass is 16.5. The Balaban J connectivity index is 1.57. The zero-order valence-electron chi connectivity index (χ0n) is 13.8. The number of benzene rings is 3. The fourth-order valence-corrected chi connectivity index (χ4v) is 2.67. The van der Waals surface area contributed by atoms with Crippen LogP contribution in [0.5, 0.6) is 11.8 Å². The second kappa shape index (κ2) is 7.03. The Morgan fingerprint density at radius 3 is 2.50 bits per heavy atom. The van der Waals surface area contributed by atoms with Gasteiger partial charge in [0.15, 0.2) is 0 Å². The lowest BCUT2D eigenvalue weighted by molar-refractivity contribution is 0.102. The number of aromatic nitrogens is 2. The molecule has 0 atom stereocenters. The molecule has 0 spiro atoms. The van der Waals surface area contributed by atoms with Crippen molar-refractivity contribution in [3.8, 4) is 11.8 Å². The molecular weight excluding hydrogens is 326 g/mol. The summed E-state index contributed by atoms with van der Waals surface area (Å²) in [5.74, 6) is 0.294. The van der Waals surface area contributed by atoms with Crippen LogP contribution >= 0.6 is 0 Å². The molecule has 0 saturated carbocycles. The van der Waals surface area contributed by atoms with Crippen LogP contribution < -0.4 is 10.1 Å². The zero-order chi connectivity index (χ0) is 17.8.